The van der Waals surface area contributed by atoms with E-state index in [1.54, 1.807) is 0 Å². The van der Waals surface area contributed by atoms with Crippen molar-refractivity contribution >= 4 is 32.4 Å². The number of pyridine rings is 1. The largest absolute Gasteiger partial charge is 0.477 e. The Morgan fingerprint density at radius 3 is 2.46 bits per heavy atom. The smallest absolute Gasteiger partial charge is 0.208 e. The van der Waals surface area contributed by atoms with Crippen LogP contribution in [0.3, 0.4) is 0 Å². The van der Waals surface area contributed by atoms with Gasteiger partial charge in [0.05, 0.1) is 6.61 Å². The zero-order valence-corrected chi connectivity index (χ0v) is 16.7. The molecule has 0 saturated heterocycles. The maximum atomic E-state index is 6.08. The van der Waals surface area contributed by atoms with Gasteiger partial charge in [-0.3, -0.25) is 4.98 Å². The number of nitrogens with zero attached hydrogens (tertiary/aromatic N) is 1. The number of aromatic nitrogens is 1. The third-order valence-corrected chi connectivity index (χ3v) is 6.21. The quantitative estimate of drug-likeness (QED) is 0.226. The van der Waals surface area contributed by atoms with Gasteiger partial charge in [-0.1, -0.05) is 53.9 Å². The number of ether oxygens (including phenoxy) is 1. The van der Waals surface area contributed by atoms with Crippen LogP contribution < -0.4 is 4.74 Å². The van der Waals surface area contributed by atoms with Gasteiger partial charge in [0.25, 0.3) is 0 Å². The van der Waals surface area contributed by atoms with E-state index in [-0.39, 0.29) is 25.5 Å². The van der Waals surface area contributed by atoms with Crippen molar-refractivity contribution in [3.05, 3.63) is 60.2 Å². The predicted octanol–water partition coefficient (Wildman–Crippen LogP) is 5.54. The van der Waals surface area contributed by atoms with Gasteiger partial charge in [0, 0.05) is 36.6 Å². The Balaban J connectivity index is 0.00000150. The standard InChI is InChI=1S/C23H18NO.Ir/c1-2-9-17-15(7-1)16-8-3-4-10-18(16)21-19(17)13-20-22(24-21)25-14-23(20)11-5-6-12-23;/h1-4,7-9,13H,5-6,11-12,14H2;/q-1;. The van der Waals surface area contributed by atoms with Gasteiger partial charge in [-0.05, 0) is 23.6 Å². The Morgan fingerprint density at radius 1 is 0.923 bits per heavy atom. The van der Waals surface area contributed by atoms with Crippen LogP contribution >= 0.6 is 0 Å². The predicted molar refractivity (Wildman–Crippen MR) is 101 cm³/mol. The number of hydrogen-bond donors (Lipinski definition) is 0. The Kier molecular flexibility index (Phi) is 3.60. The number of rotatable bonds is 0. The summed E-state index contributed by atoms with van der Waals surface area (Å²) >= 11 is 0. The number of hydrogen-bond acceptors (Lipinski definition) is 2. The summed E-state index contributed by atoms with van der Waals surface area (Å²) in [5, 5.41) is 6.10. The fourth-order valence-corrected chi connectivity index (χ4v) is 4.94. The van der Waals surface area contributed by atoms with Crippen molar-refractivity contribution in [2.75, 3.05) is 6.61 Å². The van der Waals surface area contributed by atoms with E-state index >= 15 is 0 Å². The molecule has 1 aliphatic heterocycles. The molecule has 1 aliphatic carbocycles. The average Bonchev–Trinajstić information content (AvgIpc) is 3.29. The van der Waals surface area contributed by atoms with Crippen LogP contribution in [0.4, 0.5) is 0 Å². The molecule has 4 aromatic rings. The first kappa shape index (κ1) is 16.2. The zero-order valence-electron chi connectivity index (χ0n) is 14.3. The van der Waals surface area contributed by atoms with Crippen LogP contribution in [0.2, 0.25) is 0 Å². The van der Waals surface area contributed by atoms with Gasteiger partial charge < -0.3 is 4.74 Å². The fourth-order valence-electron chi connectivity index (χ4n) is 4.94. The van der Waals surface area contributed by atoms with Gasteiger partial charge in [0.2, 0.25) is 5.88 Å². The third-order valence-electron chi connectivity index (χ3n) is 6.21. The van der Waals surface area contributed by atoms with Gasteiger partial charge in [0.15, 0.2) is 0 Å². The van der Waals surface area contributed by atoms with Gasteiger partial charge in [-0.25, -0.2) is 0 Å². The van der Waals surface area contributed by atoms with E-state index in [4.69, 9.17) is 9.72 Å². The molecule has 0 atom stereocenters. The molecular weight excluding hydrogens is 498 g/mol. The molecule has 1 aromatic heterocycles. The van der Waals surface area contributed by atoms with Crippen LogP contribution in [0.5, 0.6) is 5.88 Å². The summed E-state index contributed by atoms with van der Waals surface area (Å²) in [5.74, 6) is 0.850. The minimum absolute atomic E-state index is 0. The monoisotopic (exact) mass is 517 g/mol. The SMILES string of the molecule is [Ir].[c-]1cccc2c1c1nc3c(cc1c1ccccc21)C1(CCCC1)CO3. The molecule has 3 aromatic carbocycles. The molecule has 2 heterocycles. The fraction of sp³-hybridized carbons (Fsp3) is 0.261. The van der Waals surface area contributed by atoms with Crippen LogP contribution in [0, 0.1) is 6.07 Å². The van der Waals surface area contributed by atoms with Crippen molar-refractivity contribution in [2.45, 2.75) is 31.1 Å². The van der Waals surface area contributed by atoms with Crippen molar-refractivity contribution in [3.8, 4) is 5.88 Å². The van der Waals surface area contributed by atoms with Crippen LogP contribution in [0.25, 0.3) is 32.4 Å². The summed E-state index contributed by atoms with van der Waals surface area (Å²) in [6.45, 7) is 0.797. The average molecular weight is 517 g/mol. The molecule has 0 bridgehead atoms. The van der Waals surface area contributed by atoms with E-state index in [0.717, 1.165) is 23.4 Å². The minimum Gasteiger partial charge on any atom is -0.477 e. The van der Waals surface area contributed by atoms with Gasteiger partial charge >= 0.3 is 0 Å². The van der Waals surface area contributed by atoms with E-state index in [1.807, 2.05) is 6.07 Å². The molecule has 1 fully saturated rings. The minimum atomic E-state index is 0. The summed E-state index contributed by atoms with van der Waals surface area (Å²) in [5.41, 5.74) is 2.55. The number of fused-ring (bicyclic) bond motifs is 8. The summed E-state index contributed by atoms with van der Waals surface area (Å²) < 4.78 is 6.08. The molecule has 26 heavy (non-hydrogen) atoms. The van der Waals surface area contributed by atoms with E-state index in [1.165, 1.54) is 52.8 Å². The van der Waals surface area contributed by atoms with Crippen LogP contribution in [-0.2, 0) is 25.5 Å². The summed E-state index contributed by atoms with van der Waals surface area (Å²) in [6, 6.07) is 20.7. The van der Waals surface area contributed by atoms with E-state index in [0.29, 0.717) is 0 Å². The van der Waals surface area contributed by atoms with Crippen molar-refractivity contribution in [3.63, 3.8) is 0 Å². The second-order valence-corrected chi connectivity index (χ2v) is 7.52. The van der Waals surface area contributed by atoms with E-state index < -0.39 is 0 Å². The molecule has 0 N–H and O–H groups in total. The molecule has 6 rings (SSSR count). The van der Waals surface area contributed by atoms with Crippen LogP contribution in [0.15, 0.2) is 48.5 Å². The van der Waals surface area contributed by atoms with Crippen molar-refractivity contribution in [1.82, 2.24) is 4.98 Å². The van der Waals surface area contributed by atoms with Crippen molar-refractivity contribution < 1.29 is 24.8 Å². The normalized spacial score (nSPS) is 17.5. The molecule has 0 unspecified atom stereocenters. The first-order valence-electron chi connectivity index (χ1n) is 9.15. The summed E-state index contributed by atoms with van der Waals surface area (Å²) in [7, 11) is 0. The molecule has 1 saturated carbocycles. The number of benzene rings is 3. The van der Waals surface area contributed by atoms with Gasteiger partial charge in [-0.15, -0.1) is 29.7 Å². The molecule has 1 radical (unpaired) electrons. The molecule has 1 spiro atoms. The molecule has 2 aliphatic rings. The van der Waals surface area contributed by atoms with Crippen LogP contribution in [0.1, 0.15) is 31.2 Å². The molecular formula is C23H18IrNO-. The third kappa shape index (κ3) is 2.05. The van der Waals surface area contributed by atoms with Crippen molar-refractivity contribution in [1.29, 1.82) is 0 Å². The molecule has 2 nitrogen and oxygen atoms in total. The Morgan fingerprint density at radius 2 is 1.65 bits per heavy atom. The van der Waals surface area contributed by atoms with E-state index in [2.05, 4.69) is 48.5 Å². The molecule has 3 heteroatoms. The summed E-state index contributed by atoms with van der Waals surface area (Å²) in [4.78, 5) is 5.00. The maximum Gasteiger partial charge on any atom is 0.208 e. The van der Waals surface area contributed by atoms with Crippen LogP contribution in [-0.4, -0.2) is 11.6 Å². The van der Waals surface area contributed by atoms with E-state index in [9.17, 15) is 0 Å². The van der Waals surface area contributed by atoms with Crippen molar-refractivity contribution in [2.24, 2.45) is 0 Å². The Labute approximate surface area is 165 Å². The first-order chi connectivity index (χ1) is 12.4. The summed E-state index contributed by atoms with van der Waals surface area (Å²) in [6.07, 6.45) is 5.05. The second kappa shape index (κ2) is 5.77. The zero-order chi connectivity index (χ0) is 16.4. The maximum absolute atomic E-state index is 6.08. The van der Waals surface area contributed by atoms with Gasteiger partial charge in [0.1, 0.15) is 0 Å². The second-order valence-electron chi connectivity index (χ2n) is 7.52. The Bertz CT molecular complexity index is 1160. The van der Waals surface area contributed by atoms with Gasteiger partial charge in [-0.2, -0.15) is 0 Å². The topological polar surface area (TPSA) is 22.1 Å². The first-order valence-corrected chi connectivity index (χ1v) is 9.15. The Hall–Kier alpha value is -1.96. The molecule has 131 valence electrons. The molecule has 0 amide bonds.